The number of hydrogen-bond acceptors (Lipinski definition) is 5. The van der Waals surface area contributed by atoms with Crippen LogP contribution in [0.4, 0.5) is 0 Å². The van der Waals surface area contributed by atoms with Gasteiger partial charge in [-0.1, -0.05) is 0 Å². The topological polar surface area (TPSA) is 99.7 Å². The summed E-state index contributed by atoms with van der Waals surface area (Å²) in [5.74, 6) is 4.06. The summed E-state index contributed by atoms with van der Waals surface area (Å²) in [7, 11) is 0. The number of rotatable bonds is 2. The van der Waals surface area contributed by atoms with Gasteiger partial charge < -0.3 is 10.5 Å². The number of aliphatic carboxylic acids is 1. The number of carboxylic acid groups (broad SMARTS) is 1. The van der Waals surface area contributed by atoms with Crippen LogP contribution < -0.4 is 16.7 Å². The molecule has 0 aromatic rings. The van der Waals surface area contributed by atoms with E-state index in [4.69, 9.17) is 10.9 Å². The van der Waals surface area contributed by atoms with Gasteiger partial charge in [0.15, 0.2) is 0 Å². The number of nitrogens with two attached hydrogens (primary N) is 1. The number of halogens is 1. The van der Waals surface area contributed by atoms with E-state index in [0.717, 1.165) is 0 Å². The molecular weight excluding hydrogens is 256 g/mol. The highest BCUT2D eigenvalue weighted by molar-refractivity contribution is 6.34. The van der Waals surface area contributed by atoms with Crippen LogP contribution in [0.15, 0.2) is 5.10 Å². The summed E-state index contributed by atoms with van der Waals surface area (Å²) < 4.78 is 0. The van der Waals surface area contributed by atoms with Crippen molar-refractivity contribution < 1.29 is 9.90 Å². The first-order valence-electron chi connectivity index (χ1n) is 5.41. The molecule has 0 amide bonds. The van der Waals surface area contributed by atoms with Crippen molar-refractivity contribution in [3.63, 3.8) is 0 Å². The predicted molar refractivity (Wildman–Crippen MR) is 78.0 cm³/mol. The molecule has 0 aliphatic heterocycles. The van der Waals surface area contributed by atoms with Gasteiger partial charge in [-0.25, -0.2) is 4.79 Å². The van der Waals surface area contributed by atoms with Gasteiger partial charge in [0, 0.05) is 11.1 Å². The number of hydrazine groups is 1. The number of carbonyl (C=O) groups is 1. The zero-order valence-electron chi connectivity index (χ0n) is 12.3. The molecule has 0 aromatic carbocycles. The minimum atomic E-state index is -0.998. The Morgan fingerprint density at radius 1 is 1.11 bits per heavy atom. The monoisotopic (exact) mass is 282 g/mol. The molecule has 5 N–H and O–H groups in total. The molecule has 110 valence electrons. The minimum absolute atomic E-state index is 0. The lowest BCUT2D eigenvalue weighted by Gasteiger charge is -2.17. The fourth-order valence-electron chi connectivity index (χ4n) is 0.299. The molecule has 0 unspecified atom stereocenters. The first-order valence-corrected chi connectivity index (χ1v) is 5.41. The van der Waals surface area contributed by atoms with Crippen LogP contribution in [-0.2, 0) is 4.79 Å². The van der Waals surface area contributed by atoms with Crippen LogP contribution in [0.5, 0.6) is 0 Å². The van der Waals surface area contributed by atoms with Crippen LogP contribution in [0, 0.1) is 0 Å². The fourth-order valence-corrected chi connectivity index (χ4v) is 0.299. The van der Waals surface area contributed by atoms with Crippen molar-refractivity contribution in [1.82, 2.24) is 10.9 Å². The standard InChI is InChI=1S/C7H14N2O2.C4H12N2.ClH/c1-5(6(10)11)8-9-7(2,3)4;1-4(2,3)6-5;/h9H,1-4H3,(H,10,11);6H,5H2,1-3H3;1H. The molecule has 0 bridgehead atoms. The first kappa shape index (κ1) is 22.3. The second-order valence-electron chi connectivity index (χ2n) is 5.76. The minimum Gasteiger partial charge on any atom is -0.477 e. The number of nitrogens with zero attached hydrogens (tertiary/aromatic N) is 1. The average Bonchev–Trinajstić information content (AvgIpc) is 2.12. The molecule has 0 aliphatic rings. The molecule has 0 rings (SSSR count). The van der Waals surface area contributed by atoms with E-state index in [2.05, 4.69) is 16.0 Å². The maximum atomic E-state index is 10.2. The SMILES string of the molecule is CC(=NNC(C)(C)C)C(=O)O.CC(C)(C)NN.Cl. The lowest BCUT2D eigenvalue weighted by atomic mass is 10.1. The highest BCUT2D eigenvalue weighted by atomic mass is 35.5. The summed E-state index contributed by atoms with van der Waals surface area (Å²) in [6.07, 6.45) is 0. The van der Waals surface area contributed by atoms with Crippen LogP contribution >= 0.6 is 12.4 Å². The van der Waals surface area contributed by atoms with Gasteiger partial charge in [0.25, 0.3) is 0 Å². The van der Waals surface area contributed by atoms with Gasteiger partial charge in [0.1, 0.15) is 5.71 Å². The Labute approximate surface area is 116 Å². The molecule has 0 spiro atoms. The van der Waals surface area contributed by atoms with Crippen molar-refractivity contribution in [3.8, 4) is 0 Å². The summed E-state index contributed by atoms with van der Waals surface area (Å²) in [5.41, 5.74) is 5.27. The first-order chi connectivity index (χ1) is 7.39. The number of nitrogens with one attached hydrogen (secondary N) is 2. The summed E-state index contributed by atoms with van der Waals surface area (Å²) in [5, 5.41) is 12.1. The van der Waals surface area contributed by atoms with Crippen molar-refractivity contribution in [3.05, 3.63) is 0 Å². The smallest absolute Gasteiger partial charge is 0.351 e. The van der Waals surface area contributed by atoms with Crippen LogP contribution in [0.2, 0.25) is 0 Å². The quantitative estimate of drug-likeness (QED) is 0.349. The second kappa shape index (κ2) is 9.13. The second-order valence-corrected chi connectivity index (χ2v) is 5.76. The predicted octanol–water partition coefficient (Wildman–Crippen LogP) is 1.50. The van der Waals surface area contributed by atoms with E-state index < -0.39 is 5.97 Å². The molecular formula is C11H27ClN4O2. The number of carboxylic acids is 1. The summed E-state index contributed by atoms with van der Waals surface area (Å²) in [6, 6.07) is 0. The molecule has 0 saturated heterocycles. The Bertz CT molecular complexity index is 267. The molecule has 18 heavy (non-hydrogen) atoms. The molecule has 0 saturated carbocycles. The van der Waals surface area contributed by atoms with Crippen LogP contribution in [0.1, 0.15) is 48.5 Å². The fraction of sp³-hybridized carbons (Fsp3) is 0.818. The summed E-state index contributed by atoms with van der Waals surface area (Å²) >= 11 is 0. The van der Waals surface area contributed by atoms with Gasteiger partial charge >= 0.3 is 5.97 Å². The highest BCUT2D eigenvalue weighted by Gasteiger charge is 2.08. The lowest BCUT2D eigenvalue weighted by Crippen LogP contribution is -2.41. The van der Waals surface area contributed by atoms with Crippen molar-refractivity contribution in [1.29, 1.82) is 0 Å². The van der Waals surface area contributed by atoms with E-state index >= 15 is 0 Å². The average molecular weight is 283 g/mol. The van der Waals surface area contributed by atoms with Gasteiger partial charge in [-0.2, -0.15) is 5.10 Å². The highest BCUT2D eigenvalue weighted by Crippen LogP contribution is 1.97. The van der Waals surface area contributed by atoms with Crippen molar-refractivity contribution in [2.45, 2.75) is 59.5 Å². The Kier molecular flexibility index (Phi) is 11.3. The van der Waals surface area contributed by atoms with Crippen molar-refractivity contribution >= 4 is 24.1 Å². The largest absolute Gasteiger partial charge is 0.477 e. The zero-order valence-corrected chi connectivity index (χ0v) is 13.1. The van der Waals surface area contributed by atoms with E-state index in [1.54, 1.807) is 0 Å². The van der Waals surface area contributed by atoms with E-state index in [-0.39, 0.29) is 29.2 Å². The van der Waals surface area contributed by atoms with Crippen molar-refractivity contribution in [2.75, 3.05) is 0 Å². The summed E-state index contributed by atoms with van der Waals surface area (Å²) in [6.45, 7) is 13.2. The van der Waals surface area contributed by atoms with E-state index in [0.29, 0.717) is 0 Å². The third-order valence-electron chi connectivity index (χ3n) is 1.30. The van der Waals surface area contributed by atoms with E-state index in [9.17, 15) is 4.79 Å². The molecule has 0 fully saturated rings. The van der Waals surface area contributed by atoms with E-state index in [1.807, 2.05) is 41.5 Å². The number of hydrazone groups is 1. The van der Waals surface area contributed by atoms with E-state index in [1.165, 1.54) is 6.92 Å². The Balaban J connectivity index is -0.000000277. The molecule has 0 aromatic heterocycles. The Morgan fingerprint density at radius 3 is 1.61 bits per heavy atom. The van der Waals surface area contributed by atoms with Gasteiger partial charge in [-0.05, 0) is 48.5 Å². The summed E-state index contributed by atoms with van der Waals surface area (Å²) in [4.78, 5) is 10.2. The van der Waals surface area contributed by atoms with Crippen LogP contribution in [-0.4, -0.2) is 27.9 Å². The molecule has 0 atom stereocenters. The van der Waals surface area contributed by atoms with Gasteiger partial charge in [0.05, 0.1) is 0 Å². The third-order valence-corrected chi connectivity index (χ3v) is 1.30. The van der Waals surface area contributed by atoms with Crippen molar-refractivity contribution in [2.24, 2.45) is 10.9 Å². The van der Waals surface area contributed by atoms with Crippen LogP contribution in [0.3, 0.4) is 0 Å². The molecule has 7 heteroatoms. The maximum Gasteiger partial charge on any atom is 0.351 e. The van der Waals surface area contributed by atoms with Crippen LogP contribution in [0.25, 0.3) is 0 Å². The number of hydrogen-bond donors (Lipinski definition) is 4. The Hall–Kier alpha value is -0.850. The molecule has 0 aliphatic carbocycles. The molecule has 6 nitrogen and oxygen atoms in total. The maximum absolute atomic E-state index is 10.2. The third kappa shape index (κ3) is 20.5. The zero-order chi connectivity index (χ0) is 14.3. The van der Waals surface area contributed by atoms with Gasteiger partial charge in [0.2, 0.25) is 0 Å². The lowest BCUT2D eigenvalue weighted by molar-refractivity contribution is -0.129. The molecule has 0 heterocycles. The van der Waals surface area contributed by atoms with Gasteiger partial charge in [-0.3, -0.25) is 11.3 Å². The normalized spacial score (nSPS) is 11.9. The van der Waals surface area contributed by atoms with Gasteiger partial charge in [-0.15, -0.1) is 12.4 Å². The Morgan fingerprint density at radius 2 is 1.44 bits per heavy atom. The molecule has 0 radical (unpaired) electrons.